The maximum Gasteiger partial charge on any atom is 0.120 e. The maximum atomic E-state index is 9.41. The largest absolute Gasteiger partial charge is 0.489 e. The van der Waals surface area contributed by atoms with Crippen LogP contribution in [0.5, 0.6) is 5.75 Å². The van der Waals surface area contributed by atoms with Crippen molar-refractivity contribution in [1.82, 2.24) is 0 Å². The number of aliphatic hydroxyl groups is 1. The van der Waals surface area contributed by atoms with Crippen LogP contribution in [0.4, 0.5) is 0 Å². The van der Waals surface area contributed by atoms with E-state index in [1.165, 1.54) is 0 Å². The summed E-state index contributed by atoms with van der Waals surface area (Å²) < 4.78 is 13.5. The fraction of sp³-hybridized carbons (Fsp3) is 0.143. The van der Waals surface area contributed by atoms with Gasteiger partial charge in [-0.2, -0.15) is 0 Å². The molecule has 0 aliphatic carbocycles. The van der Waals surface area contributed by atoms with Crippen molar-refractivity contribution in [1.29, 1.82) is 0 Å². The fourth-order valence-corrected chi connectivity index (χ4v) is 2.53. The van der Waals surface area contributed by atoms with E-state index in [4.69, 9.17) is 6.11 Å². The van der Waals surface area contributed by atoms with Crippen LogP contribution in [0.15, 0.2) is 72.8 Å². The zero-order valence-corrected chi connectivity index (χ0v) is 12.9. The Morgan fingerprint density at radius 1 is 0.870 bits per heavy atom. The van der Waals surface area contributed by atoms with Crippen molar-refractivity contribution in [3.63, 3.8) is 0 Å². The minimum Gasteiger partial charge on any atom is -0.489 e. The van der Waals surface area contributed by atoms with Gasteiger partial charge in [-0.25, -0.2) is 0 Å². The van der Waals surface area contributed by atoms with Gasteiger partial charge in [0.2, 0.25) is 0 Å². The number of ether oxygens (including phenoxy) is 1. The van der Waals surface area contributed by atoms with Crippen molar-refractivity contribution >= 4 is 0 Å². The highest BCUT2D eigenvalue weighted by atomic mass is 16.5. The molecule has 0 saturated carbocycles. The highest BCUT2D eigenvalue weighted by Crippen LogP contribution is 2.26. The third-order valence-corrected chi connectivity index (χ3v) is 3.65. The number of hydrogen-bond donors (Lipinski definition) is 1. The summed E-state index contributed by atoms with van der Waals surface area (Å²) in [5.74, 6) is 0.804. The molecule has 1 N–H and O–H groups in total. The maximum absolute atomic E-state index is 9.41. The zero-order valence-electron chi connectivity index (χ0n) is 13.9. The normalized spacial score (nSPS) is 11.1. The lowest BCUT2D eigenvalue weighted by molar-refractivity contribution is 0.282. The van der Waals surface area contributed by atoms with Crippen molar-refractivity contribution in [2.24, 2.45) is 0 Å². The van der Waals surface area contributed by atoms with E-state index in [-0.39, 0.29) is 13.5 Å². The molecule has 0 spiro atoms. The standard InChI is InChI=1S/C21H20O2/c1-16-10-18(14-22)12-20(11-16)19-8-5-9-21(13-19)23-15-17-6-3-2-4-7-17/h2-13,22H,14-15H2,1H3/i1D. The topological polar surface area (TPSA) is 29.5 Å². The van der Waals surface area contributed by atoms with Gasteiger partial charge in [-0.3, -0.25) is 0 Å². The molecule has 23 heavy (non-hydrogen) atoms. The molecule has 0 fully saturated rings. The predicted molar refractivity (Wildman–Crippen MR) is 93.3 cm³/mol. The van der Waals surface area contributed by atoms with Crippen LogP contribution in [0.2, 0.25) is 0 Å². The molecular weight excluding hydrogens is 284 g/mol. The van der Waals surface area contributed by atoms with E-state index in [1.807, 2.05) is 72.8 Å². The summed E-state index contributed by atoms with van der Waals surface area (Å²) >= 11 is 0. The quantitative estimate of drug-likeness (QED) is 0.738. The van der Waals surface area contributed by atoms with Crippen LogP contribution < -0.4 is 4.74 Å². The Morgan fingerprint density at radius 2 is 1.74 bits per heavy atom. The van der Waals surface area contributed by atoms with Gasteiger partial charge in [0.15, 0.2) is 0 Å². The second-order valence-corrected chi connectivity index (χ2v) is 5.50. The van der Waals surface area contributed by atoms with Crippen molar-refractivity contribution in [2.45, 2.75) is 20.1 Å². The molecular formula is C21H20O2. The minimum atomic E-state index is -0.0228. The first-order valence-electron chi connectivity index (χ1n) is 8.29. The molecule has 0 aliphatic rings. The van der Waals surface area contributed by atoms with Crippen LogP contribution in [-0.4, -0.2) is 5.11 Å². The average Bonchev–Trinajstić information content (AvgIpc) is 2.67. The Bertz CT molecular complexity index is 778. The van der Waals surface area contributed by atoms with Crippen molar-refractivity contribution in [2.75, 3.05) is 0 Å². The van der Waals surface area contributed by atoms with Crippen molar-refractivity contribution in [3.05, 3.63) is 89.5 Å². The molecule has 3 aromatic rings. The predicted octanol–water partition coefficient (Wildman–Crippen LogP) is 4.73. The summed E-state index contributed by atoms with van der Waals surface area (Å²) in [7, 11) is 0. The fourth-order valence-electron chi connectivity index (χ4n) is 2.53. The van der Waals surface area contributed by atoms with E-state index in [2.05, 4.69) is 0 Å². The molecule has 0 unspecified atom stereocenters. The second kappa shape index (κ2) is 7.12. The molecule has 0 aliphatic heterocycles. The number of rotatable bonds is 5. The van der Waals surface area contributed by atoms with Crippen LogP contribution in [0.25, 0.3) is 11.1 Å². The van der Waals surface area contributed by atoms with E-state index >= 15 is 0 Å². The van der Waals surface area contributed by atoms with Crippen LogP contribution in [0.1, 0.15) is 18.1 Å². The number of aliphatic hydroxyl groups excluding tert-OH is 1. The van der Waals surface area contributed by atoms with Gasteiger partial charge in [0.25, 0.3) is 0 Å². The second-order valence-electron chi connectivity index (χ2n) is 5.50. The molecule has 3 rings (SSSR count). The molecule has 116 valence electrons. The Hall–Kier alpha value is -2.58. The smallest absolute Gasteiger partial charge is 0.120 e. The molecule has 0 heterocycles. The van der Waals surface area contributed by atoms with Crippen LogP contribution in [-0.2, 0) is 13.2 Å². The van der Waals surface area contributed by atoms with Gasteiger partial charge in [0.1, 0.15) is 12.4 Å². The van der Waals surface area contributed by atoms with Crippen molar-refractivity contribution < 1.29 is 11.2 Å². The first-order chi connectivity index (χ1) is 11.8. The summed E-state index contributed by atoms with van der Waals surface area (Å²) in [6, 6.07) is 23.8. The Labute approximate surface area is 138 Å². The molecule has 0 radical (unpaired) electrons. The molecule has 0 amide bonds. The molecule has 0 bridgehead atoms. The summed E-state index contributed by atoms with van der Waals surface area (Å²) in [5, 5.41) is 9.41. The van der Waals surface area contributed by atoms with Gasteiger partial charge in [0.05, 0.1) is 6.61 Å². The SMILES string of the molecule is [2H]Cc1cc(CO)cc(-c2cccc(OCc3ccccc3)c2)c1. The third-order valence-electron chi connectivity index (χ3n) is 3.65. The Balaban J connectivity index is 1.82. The van der Waals surface area contributed by atoms with Crippen LogP contribution in [0, 0.1) is 6.90 Å². The first-order valence-corrected chi connectivity index (χ1v) is 7.58. The molecule has 3 aromatic carbocycles. The van der Waals surface area contributed by atoms with Crippen LogP contribution >= 0.6 is 0 Å². The van der Waals surface area contributed by atoms with Gasteiger partial charge in [-0.05, 0) is 47.4 Å². The van der Waals surface area contributed by atoms with Gasteiger partial charge in [-0.15, -0.1) is 0 Å². The average molecular weight is 305 g/mol. The monoisotopic (exact) mass is 305 g/mol. The molecule has 2 nitrogen and oxygen atoms in total. The molecule has 0 saturated heterocycles. The van der Waals surface area contributed by atoms with Gasteiger partial charge >= 0.3 is 0 Å². The van der Waals surface area contributed by atoms with Crippen LogP contribution in [0.3, 0.4) is 0 Å². The van der Waals surface area contributed by atoms with E-state index < -0.39 is 0 Å². The molecule has 2 heteroatoms. The highest BCUT2D eigenvalue weighted by Gasteiger charge is 2.03. The highest BCUT2D eigenvalue weighted by molar-refractivity contribution is 5.66. The van der Waals surface area contributed by atoms with Crippen molar-refractivity contribution in [3.8, 4) is 16.9 Å². The lowest BCUT2D eigenvalue weighted by Crippen LogP contribution is -1.95. The van der Waals surface area contributed by atoms with Gasteiger partial charge < -0.3 is 9.84 Å². The lowest BCUT2D eigenvalue weighted by Gasteiger charge is -2.10. The van der Waals surface area contributed by atoms with E-state index in [9.17, 15) is 5.11 Å². The summed E-state index contributed by atoms with van der Waals surface area (Å²) in [6.07, 6.45) is 0. The Morgan fingerprint density at radius 3 is 2.52 bits per heavy atom. The van der Waals surface area contributed by atoms with E-state index in [0.29, 0.717) is 6.61 Å². The zero-order chi connectivity index (χ0) is 16.8. The number of benzene rings is 3. The van der Waals surface area contributed by atoms with E-state index in [0.717, 1.165) is 33.6 Å². The van der Waals surface area contributed by atoms with E-state index in [1.54, 1.807) is 0 Å². The Kier molecular flexibility index (Phi) is 4.35. The minimum absolute atomic E-state index is 0.0228. The lowest BCUT2D eigenvalue weighted by atomic mass is 10.0. The number of aryl methyl sites for hydroxylation is 1. The molecule has 0 aromatic heterocycles. The number of hydrogen-bond acceptors (Lipinski definition) is 2. The first kappa shape index (κ1) is 14.0. The van der Waals surface area contributed by atoms with Gasteiger partial charge in [-0.1, -0.05) is 60.2 Å². The molecule has 0 atom stereocenters. The summed E-state index contributed by atoms with van der Waals surface area (Å²) in [6.45, 7) is 0.703. The summed E-state index contributed by atoms with van der Waals surface area (Å²) in [4.78, 5) is 0. The summed E-state index contributed by atoms with van der Waals surface area (Å²) in [5.41, 5.74) is 4.86. The van der Waals surface area contributed by atoms with Gasteiger partial charge in [0, 0.05) is 1.37 Å². The third kappa shape index (κ3) is 3.99.